The van der Waals surface area contributed by atoms with Crippen molar-refractivity contribution in [3.8, 4) is 0 Å². The maximum absolute atomic E-state index is 12.7. The Labute approximate surface area is 164 Å². The van der Waals surface area contributed by atoms with E-state index < -0.39 is 21.4 Å². The second kappa shape index (κ2) is 7.06. The lowest BCUT2D eigenvalue weighted by molar-refractivity contribution is 0.103. The topological polar surface area (TPSA) is 93.4 Å². The molecule has 1 N–H and O–H groups in total. The van der Waals surface area contributed by atoms with Crippen LogP contribution in [0.1, 0.15) is 15.9 Å². The first kappa shape index (κ1) is 18.1. The number of para-hydroxylation sites is 1. The number of hydrogen-bond acceptors (Lipinski definition) is 6. The molecule has 0 fully saturated rings. The van der Waals surface area contributed by atoms with E-state index in [1.54, 1.807) is 35.7 Å². The molecule has 2 aromatic heterocycles. The summed E-state index contributed by atoms with van der Waals surface area (Å²) in [5.74, 6) is -0.493. The summed E-state index contributed by atoms with van der Waals surface area (Å²) in [6, 6.07) is 17.4. The normalized spacial score (nSPS) is 11.4. The molecule has 0 saturated carbocycles. The van der Waals surface area contributed by atoms with Crippen LogP contribution in [0.3, 0.4) is 0 Å². The van der Waals surface area contributed by atoms with Crippen molar-refractivity contribution >= 4 is 43.8 Å². The molecule has 140 valence electrons. The molecule has 0 bridgehead atoms. The summed E-state index contributed by atoms with van der Waals surface area (Å²) in [6.07, 6.45) is 0. The summed E-state index contributed by atoms with van der Waals surface area (Å²) in [5, 5.41) is 2.32. The van der Waals surface area contributed by atoms with E-state index in [1.807, 2.05) is 0 Å². The highest BCUT2D eigenvalue weighted by Gasteiger charge is 2.18. The third-order valence-corrected chi connectivity index (χ3v) is 6.82. The van der Waals surface area contributed by atoms with Crippen molar-refractivity contribution in [1.29, 1.82) is 0 Å². The fourth-order valence-electron chi connectivity index (χ4n) is 2.69. The number of carbonyl (C=O) groups excluding carboxylic acids is 1. The van der Waals surface area contributed by atoms with Crippen molar-refractivity contribution < 1.29 is 17.6 Å². The van der Waals surface area contributed by atoms with Gasteiger partial charge >= 0.3 is 5.63 Å². The van der Waals surface area contributed by atoms with Gasteiger partial charge in [0.15, 0.2) is 5.78 Å². The molecule has 28 heavy (non-hydrogen) atoms. The van der Waals surface area contributed by atoms with Gasteiger partial charge in [-0.2, -0.15) is 0 Å². The van der Waals surface area contributed by atoms with Gasteiger partial charge in [-0.3, -0.25) is 9.52 Å². The van der Waals surface area contributed by atoms with E-state index >= 15 is 0 Å². The number of benzene rings is 2. The molecule has 0 saturated heterocycles. The first-order chi connectivity index (χ1) is 13.4. The van der Waals surface area contributed by atoms with E-state index in [0.717, 1.165) is 11.3 Å². The van der Waals surface area contributed by atoms with Gasteiger partial charge in [0.1, 0.15) is 15.4 Å². The predicted octanol–water partition coefficient (Wildman–Crippen LogP) is 3.89. The van der Waals surface area contributed by atoms with Crippen LogP contribution in [0, 0.1) is 0 Å². The Bertz CT molecular complexity index is 1320. The molecule has 6 nitrogen and oxygen atoms in total. The molecule has 0 radical (unpaired) electrons. The molecule has 4 rings (SSSR count). The zero-order valence-corrected chi connectivity index (χ0v) is 15.9. The lowest BCUT2D eigenvalue weighted by Gasteiger charge is -2.07. The first-order valence-electron chi connectivity index (χ1n) is 8.18. The number of carbonyl (C=O) groups is 1. The van der Waals surface area contributed by atoms with Crippen molar-refractivity contribution in [2.75, 3.05) is 4.72 Å². The predicted molar refractivity (Wildman–Crippen MR) is 107 cm³/mol. The fraction of sp³-hybridized carbons (Fsp3) is 0. The van der Waals surface area contributed by atoms with E-state index in [4.69, 9.17) is 4.42 Å². The average Bonchev–Trinajstić information content (AvgIpc) is 3.23. The highest BCUT2D eigenvalue weighted by atomic mass is 32.2. The Kier molecular flexibility index (Phi) is 4.58. The van der Waals surface area contributed by atoms with E-state index in [2.05, 4.69) is 4.72 Å². The molecule has 0 unspecified atom stereocenters. The third-order valence-electron chi connectivity index (χ3n) is 4.05. The van der Waals surface area contributed by atoms with E-state index in [0.29, 0.717) is 16.7 Å². The van der Waals surface area contributed by atoms with Crippen molar-refractivity contribution in [3.63, 3.8) is 0 Å². The maximum Gasteiger partial charge on any atom is 0.347 e. The van der Waals surface area contributed by atoms with Gasteiger partial charge in [0, 0.05) is 16.6 Å². The number of nitrogens with one attached hydrogen (secondary N) is 1. The first-order valence-corrected chi connectivity index (χ1v) is 10.5. The van der Waals surface area contributed by atoms with Crippen LogP contribution in [0.25, 0.3) is 11.0 Å². The largest absolute Gasteiger partial charge is 0.422 e. The molecule has 0 spiro atoms. The Morgan fingerprint density at radius 1 is 0.964 bits per heavy atom. The highest BCUT2D eigenvalue weighted by Crippen LogP contribution is 2.21. The fourth-order valence-corrected chi connectivity index (χ4v) is 4.74. The summed E-state index contributed by atoms with van der Waals surface area (Å²) in [6.45, 7) is 0. The third kappa shape index (κ3) is 3.47. The van der Waals surface area contributed by atoms with Crippen LogP contribution in [0.4, 0.5) is 5.69 Å². The van der Waals surface area contributed by atoms with Crippen molar-refractivity contribution in [2.45, 2.75) is 4.21 Å². The van der Waals surface area contributed by atoms with Gasteiger partial charge in [0.2, 0.25) is 0 Å². The van der Waals surface area contributed by atoms with Gasteiger partial charge < -0.3 is 4.42 Å². The molecule has 2 heterocycles. The Balaban J connectivity index is 1.61. The SMILES string of the molecule is O=C(c1ccc(NS(=O)(=O)c2cccs2)cc1)c1cc2ccccc2oc1=O. The molecule has 0 aliphatic rings. The summed E-state index contributed by atoms with van der Waals surface area (Å²) in [5.41, 5.74) is 0.177. The quantitative estimate of drug-likeness (QED) is 0.397. The number of fused-ring (bicyclic) bond motifs is 1. The molecule has 0 atom stereocenters. The van der Waals surface area contributed by atoms with Gasteiger partial charge in [0.25, 0.3) is 10.0 Å². The number of hydrogen-bond donors (Lipinski definition) is 1. The van der Waals surface area contributed by atoms with Gasteiger partial charge in [0.05, 0.1) is 0 Å². The molecule has 2 aromatic carbocycles. The maximum atomic E-state index is 12.7. The minimum absolute atomic E-state index is 0.0781. The van der Waals surface area contributed by atoms with Crippen molar-refractivity contribution in [2.24, 2.45) is 0 Å². The van der Waals surface area contributed by atoms with E-state index in [1.165, 1.54) is 36.4 Å². The zero-order valence-electron chi connectivity index (χ0n) is 14.3. The van der Waals surface area contributed by atoms with Crippen molar-refractivity contribution in [1.82, 2.24) is 0 Å². The Morgan fingerprint density at radius 2 is 1.71 bits per heavy atom. The van der Waals surface area contributed by atoms with E-state index in [9.17, 15) is 18.0 Å². The Morgan fingerprint density at radius 3 is 2.43 bits per heavy atom. The smallest absolute Gasteiger partial charge is 0.347 e. The zero-order chi connectivity index (χ0) is 19.7. The van der Waals surface area contributed by atoms with Gasteiger partial charge in [-0.15, -0.1) is 11.3 Å². The van der Waals surface area contributed by atoms with Crippen LogP contribution in [0.5, 0.6) is 0 Å². The summed E-state index contributed by atoms with van der Waals surface area (Å²) < 4.78 is 32.3. The summed E-state index contributed by atoms with van der Waals surface area (Å²) in [7, 11) is -3.67. The minimum Gasteiger partial charge on any atom is -0.422 e. The number of rotatable bonds is 5. The summed E-state index contributed by atoms with van der Waals surface area (Å²) in [4.78, 5) is 24.9. The van der Waals surface area contributed by atoms with Crippen molar-refractivity contribution in [3.05, 3.63) is 93.7 Å². The highest BCUT2D eigenvalue weighted by molar-refractivity contribution is 7.94. The average molecular weight is 411 g/mol. The standard InChI is InChI=1S/C20H13NO5S2/c22-19(16-12-14-4-1-2-5-17(14)26-20(16)23)13-7-9-15(10-8-13)21-28(24,25)18-6-3-11-27-18/h1-12,21H. The second-order valence-corrected chi connectivity index (χ2v) is 8.79. The van der Waals surface area contributed by atoms with Crippen LogP contribution in [-0.2, 0) is 10.0 Å². The van der Waals surface area contributed by atoms with Gasteiger partial charge in [-0.1, -0.05) is 24.3 Å². The van der Waals surface area contributed by atoms with Crippen LogP contribution in [-0.4, -0.2) is 14.2 Å². The number of ketones is 1. The lowest BCUT2D eigenvalue weighted by Crippen LogP contribution is -2.15. The van der Waals surface area contributed by atoms with Gasteiger partial charge in [-0.25, -0.2) is 13.2 Å². The number of sulfonamides is 1. The molecule has 0 aliphatic heterocycles. The molecule has 4 aromatic rings. The second-order valence-electron chi connectivity index (χ2n) is 5.93. The lowest BCUT2D eigenvalue weighted by atomic mass is 10.0. The minimum atomic E-state index is -3.67. The number of thiophene rings is 1. The van der Waals surface area contributed by atoms with Crippen LogP contribution >= 0.6 is 11.3 Å². The molecule has 8 heteroatoms. The molecule has 0 aliphatic carbocycles. The van der Waals surface area contributed by atoms with Crippen LogP contribution in [0.2, 0.25) is 0 Å². The molecular formula is C20H13NO5S2. The Hall–Kier alpha value is -3.23. The van der Waals surface area contributed by atoms with Crippen LogP contribution < -0.4 is 10.3 Å². The molecule has 0 amide bonds. The summed E-state index contributed by atoms with van der Waals surface area (Å²) >= 11 is 1.11. The molecular weight excluding hydrogens is 398 g/mol. The van der Waals surface area contributed by atoms with Crippen LogP contribution in [0.15, 0.2) is 85.5 Å². The van der Waals surface area contributed by atoms with Gasteiger partial charge in [-0.05, 0) is 47.8 Å². The monoisotopic (exact) mass is 411 g/mol. The van der Waals surface area contributed by atoms with E-state index in [-0.39, 0.29) is 15.3 Å². The number of anilines is 1.